The third-order valence-electron chi connectivity index (χ3n) is 5.23. The molecule has 1 unspecified atom stereocenters. The Hall–Kier alpha value is -2.48. The molecular formula is C26H35NO. The number of benzene rings is 2. The van der Waals surface area contributed by atoms with Gasteiger partial charge in [-0.25, -0.2) is 0 Å². The topological polar surface area (TPSA) is 21.3 Å². The minimum atomic E-state index is 0.249. The van der Waals surface area contributed by atoms with Crippen LogP contribution in [-0.2, 0) is 0 Å². The zero-order valence-electron chi connectivity index (χ0n) is 18.1. The molecule has 1 N–H and O–H groups in total. The number of nitrogens with one attached hydrogen (secondary N) is 1. The SMILES string of the molecule is CC/C(C)=C/CC/C=C(/C)CC(Nc1ccc(OC)cc1)c1ccccc1C. The lowest BCUT2D eigenvalue weighted by molar-refractivity contribution is 0.415. The van der Waals surface area contributed by atoms with Gasteiger partial charge in [-0.1, -0.05) is 54.5 Å². The zero-order chi connectivity index (χ0) is 20.4. The number of unbranched alkanes of at least 4 members (excludes halogenated alkanes) is 1. The van der Waals surface area contributed by atoms with Gasteiger partial charge in [0.2, 0.25) is 0 Å². The van der Waals surface area contributed by atoms with E-state index >= 15 is 0 Å². The summed E-state index contributed by atoms with van der Waals surface area (Å²) in [5.41, 5.74) is 6.70. The van der Waals surface area contributed by atoms with Crippen LogP contribution in [0, 0.1) is 6.92 Å². The van der Waals surface area contributed by atoms with Crippen molar-refractivity contribution in [3.05, 3.63) is 83.0 Å². The lowest BCUT2D eigenvalue weighted by Crippen LogP contribution is -2.12. The average Bonchev–Trinajstić information content (AvgIpc) is 2.71. The highest BCUT2D eigenvalue weighted by atomic mass is 16.5. The molecule has 0 amide bonds. The molecule has 0 aliphatic heterocycles. The van der Waals surface area contributed by atoms with Gasteiger partial charge in [-0.3, -0.25) is 0 Å². The van der Waals surface area contributed by atoms with Gasteiger partial charge in [0.25, 0.3) is 0 Å². The van der Waals surface area contributed by atoms with E-state index in [2.05, 4.69) is 81.6 Å². The van der Waals surface area contributed by atoms with E-state index in [4.69, 9.17) is 4.74 Å². The maximum Gasteiger partial charge on any atom is 0.119 e. The lowest BCUT2D eigenvalue weighted by Gasteiger charge is -2.23. The average molecular weight is 378 g/mol. The molecule has 0 heterocycles. The van der Waals surface area contributed by atoms with Gasteiger partial charge >= 0.3 is 0 Å². The molecule has 0 fully saturated rings. The Morgan fingerprint density at radius 3 is 2.21 bits per heavy atom. The molecule has 0 radical (unpaired) electrons. The van der Waals surface area contributed by atoms with Gasteiger partial charge in [0.05, 0.1) is 13.2 Å². The molecule has 2 heteroatoms. The Balaban J connectivity index is 2.13. The van der Waals surface area contributed by atoms with Gasteiger partial charge < -0.3 is 10.1 Å². The van der Waals surface area contributed by atoms with Crippen LogP contribution in [0.4, 0.5) is 5.69 Å². The largest absolute Gasteiger partial charge is 0.497 e. The smallest absolute Gasteiger partial charge is 0.119 e. The highest BCUT2D eigenvalue weighted by molar-refractivity contribution is 5.49. The minimum Gasteiger partial charge on any atom is -0.497 e. The predicted molar refractivity (Wildman–Crippen MR) is 122 cm³/mol. The van der Waals surface area contributed by atoms with Crippen LogP contribution in [0.2, 0.25) is 0 Å². The predicted octanol–water partition coefficient (Wildman–Crippen LogP) is 7.63. The van der Waals surface area contributed by atoms with E-state index in [1.54, 1.807) is 7.11 Å². The van der Waals surface area contributed by atoms with E-state index in [1.807, 2.05) is 12.1 Å². The number of ether oxygens (including phenoxy) is 1. The van der Waals surface area contributed by atoms with Crippen LogP contribution in [0.25, 0.3) is 0 Å². The van der Waals surface area contributed by atoms with Crippen molar-refractivity contribution in [3.8, 4) is 5.75 Å². The molecule has 2 nitrogen and oxygen atoms in total. The van der Waals surface area contributed by atoms with Crippen LogP contribution in [0.1, 0.15) is 63.6 Å². The number of hydrogen-bond acceptors (Lipinski definition) is 2. The van der Waals surface area contributed by atoms with Crippen molar-refractivity contribution in [3.63, 3.8) is 0 Å². The van der Waals surface area contributed by atoms with Gasteiger partial charge in [0, 0.05) is 5.69 Å². The van der Waals surface area contributed by atoms with E-state index in [-0.39, 0.29) is 6.04 Å². The van der Waals surface area contributed by atoms with E-state index in [1.165, 1.54) is 22.3 Å². The van der Waals surface area contributed by atoms with Crippen molar-refractivity contribution in [1.82, 2.24) is 0 Å². The number of aryl methyl sites for hydroxylation is 1. The van der Waals surface area contributed by atoms with Crippen LogP contribution in [0.15, 0.2) is 71.8 Å². The third-order valence-corrected chi connectivity index (χ3v) is 5.23. The fourth-order valence-electron chi connectivity index (χ4n) is 3.31. The molecule has 0 bridgehead atoms. The maximum atomic E-state index is 5.28. The summed E-state index contributed by atoms with van der Waals surface area (Å²) in [6.45, 7) is 8.86. The Kier molecular flexibility index (Phi) is 8.87. The van der Waals surface area contributed by atoms with E-state index in [9.17, 15) is 0 Å². The summed E-state index contributed by atoms with van der Waals surface area (Å²) in [5.74, 6) is 0.879. The van der Waals surface area contributed by atoms with Crippen molar-refractivity contribution in [2.45, 2.75) is 59.4 Å². The van der Waals surface area contributed by atoms with E-state index in [0.717, 1.165) is 37.1 Å². The summed E-state index contributed by atoms with van der Waals surface area (Å²) in [6.07, 6.45) is 9.11. The van der Waals surface area contributed by atoms with Crippen LogP contribution in [0.3, 0.4) is 0 Å². The first-order valence-corrected chi connectivity index (χ1v) is 10.3. The monoisotopic (exact) mass is 377 g/mol. The molecule has 2 rings (SSSR count). The number of allylic oxidation sites excluding steroid dienone is 3. The van der Waals surface area contributed by atoms with Crippen molar-refractivity contribution < 1.29 is 4.74 Å². The number of rotatable bonds is 10. The standard InChI is InChI=1S/C26H35NO/c1-6-20(2)11-7-8-12-21(3)19-26(25-14-10-9-13-22(25)4)27-23-15-17-24(28-5)18-16-23/h9-18,26-27H,6-8,19H2,1-5H3/b20-11+,21-12-. The molecule has 1 atom stereocenters. The molecule has 0 saturated carbocycles. The second kappa shape index (κ2) is 11.4. The summed E-state index contributed by atoms with van der Waals surface area (Å²) >= 11 is 0. The summed E-state index contributed by atoms with van der Waals surface area (Å²) in [5, 5.41) is 3.73. The molecule has 28 heavy (non-hydrogen) atoms. The van der Waals surface area contributed by atoms with Crippen LogP contribution in [-0.4, -0.2) is 7.11 Å². The Bertz CT molecular complexity index is 786. The summed E-state index contributed by atoms with van der Waals surface area (Å²) < 4.78 is 5.28. The first-order valence-electron chi connectivity index (χ1n) is 10.3. The third kappa shape index (κ3) is 6.92. The Morgan fingerprint density at radius 2 is 1.61 bits per heavy atom. The van der Waals surface area contributed by atoms with E-state index in [0.29, 0.717) is 0 Å². The number of hydrogen-bond donors (Lipinski definition) is 1. The Morgan fingerprint density at radius 1 is 0.964 bits per heavy atom. The van der Waals surface area contributed by atoms with Gasteiger partial charge in [0.1, 0.15) is 5.75 Å². The second-order valence-corrected chi connectivity index (χ2v) is 7.52. The highest BCUT2D eigenvalue weighted by Crippen LogP contribution is 2.29. The molecule has 150 valence electrons. The van der Waals surface area contributed by atoms with Gasteiger partial charge in [0.15, 0.2) is 0 Å². The summed E-state index contributed by atoms with van der Waals surface area (Å²) in [4.78, 5) is 0. The lowest BCUT2D eigenvalue weighted by atomic mass is 9.95. The quantitative estimate of drug-likeness (QED) is 0.339. The molecule has 0 aliphatic rings. The first-order chi connectivity index (χ1) is 13.5. The zero-order valence-corrected chi connectivity index (χ0v) is 18.1. The van der Waals surface area contributed by atoms with Gasteiger partial charge in [-0.15, -0.1) is 0 Å². The van der Waals surface area contributed by atoms with Crippen molar-refractivity contribution in [2.24, 2.45) is 0 Å². The van der Waals surface area contributed by atoms with Crippen molar-refractivity contribution in [1.29, 1.82) is 0 Å². The van der Waals surface area contributed by atoms with Gasteiger partial charge in [-0.2, -0.15) is 0 Å². The Labute approximate surface area is 171 Å². The maximum absolute atomic E-state index is 5.28. The molecule has 0 saturated heterocycles. The normalized spacial score (nSPS) is 13.3. The minimum absolute atomic E-state index is 0.249. The van der Waals surface area contributed by atoms with E-state index < -0.39 is 0 Å². The molecule has 2 aromatic rings. The number of anilines is 1. The second-order valence-electron chi connectivity index (χ2n) is 7.52. The van der Waals surface area contributed by atoms with Crippen molar-refractivity contribution in [2.75, 3.05) is 12.4 Å². The van der Waals surface area contributed by atoms with Crippen molar-refractivity contribution >= 4 is 5.69 Å². The van der Waals surface area contributed by atoms with Gasteiger partial charge in [-0.05, 0) is 81.8 Å². The highest BCUT2D eigenvalue weighted by Gasteiger charge is 2.14. The summed E-state index contributed by atoms with van der Waals surface area (Å²) in [7, 11) is 1.70. The molecule has 0 aliphatic carbocycles. The molecule has 0 spiro atoms. The number of methoxy groups -OCH3 is 1. The van der Waals surface area contributed by atoms with Crippen LogP contribution < -0.4 is 10.1 Å². The molecular weight excluding hydrogens is 342 g/mol. The first kappa shape index (κ1) is 21.8. The molecule has 0 aromatic heterocycles. The van der Waals surface area contributed by atoms with Crippen LogP contribution in [0.5, 0.6) is 5.75 Å². The van der Waals surface area contributed by atoms with Crippen LogP contribution >= 0.6 is 0 Å². The fourth-order valence-corrected chi connectivity index (χ4v) is 3.31. The molecule has 2 aromatic carbocycles. The fraction of sp³-hybridized carbons (Fsp3) is 0.385. The summed E-state index contributed by atoms with van der Waals surface area (Å²) in [6, 6.07) is 17.1.